The van der Waals surface area contributed by atoms with Crippen LogP contribution in [0.1, 0.15) is 32.6 Å². The van der Waals surface area contributed by atoms with E-state index in [2.05, 4.69) is 15.9 Å². The fraction of sp³-hybridized carbons (Fsp3) is 0.923. The molecule has 0 aromatic rings. The van der Waals surface area contributed by atoms with E-state index in [0.29, 0.717) is 0 Å². The van der Waals surface area contributed by atoms with Crippen molar-refractivity contribution in [2.45, 2.75) is 44.2 Å². The minimum atomic E-state index is -0.643. The second-order valence-corrected chi connectivity index (χ2v) is 5.74. The summed E-state index contributed by atoms with van der Waals surface area (Å²) in [6.45, 7) is 7.73. The van der Waals surface area contributed by atoms with Crippen molar-refractivity contribution in [3.05, 3.63) is 0 Å². The van der Waals surface area contributed by atoms with Crippen molar-refractivity contribution >= 4 is 0 Å². The fourth-order valence-electron chi connectivity index (χ4n) is 2.52. The zero-order valence-corrected chi connectivity index (χ0v) is 10.9. The fourth-order valence-corrected chi connectivity index (χ4v) is 2.52. The van der Waals surface area contributed by atoms with E-state index in [4.69, 9.17) is 11.0 Å². The van der Waals surface area contributed by atoms with E-state index in [1.54, 1.807) is 0 Å². The Labute approximate surface area is 104 Å². The maximum atomic E-state index is 8.84. The molecule has 0 radical (unpaired) electrons. The molecule has 0 aromatic heterocycles. The van der Waals surface area contributed by atoms with E-state index >= 15 is 0 Å². The van der Waals surface area contributed by atoms with E-state index in [-0.39, 0.29) is 0 Å². The first-order chi connectivity index (χ1) is 8.11. The minimum Gasteiger partial charge on any atom is -0.314 e. The molecule has 0 aromatic carbocycles. The molecule has 2 N–H and O–H groups in total. The average molecular weight is 236 g/mol. The summed E-state index contributed by atoms with van der Waals surface area (Å²) < 4.78 is 0. The lowest BCUT2D eigenvalue weighted by molar-refractivity contribution is 0.124. The van der Waals surface area contributed by atoms with Gasteiger partial charge < -0.3 is 10.6 Å². The molecule has 2 aliphatic rings. The zero-order valence-electron chi connectivity index (χ0n) is 10.9. The zero-order chi connectivity index (χ0) is 12.3. The molecule has 0 spiro atoms. The van der Waals surface area contributed by atoms with Gasteiger partial charge in [0.15, 0.2) is 0 Å². The lowest BCUT2D eigenvalue weighted by Gasteiger charge is -2.35. The molecule has 4 nitrogen and oxygen atoms in total. The Kier molecular flexibility index (Phi) is 4.03. The van der Waals surface area contributed by atoms with Gasteiger partial charge in [0.1, 0.15) is 5.54 Å². The first-order valence-corrected chi connectivity index (χ1v) is 6.77. The van der Waals surface area contributed by atoms with Crippen LogP contribution in [0.4, 0.5) is 0 Å². The quantitative estimate of drug-likeness (QED) is 0.766. The first kappa shape index (κ1) is 12.8. The summed E-state index contributed by atoms with van der Waals surface area (Å²) in [5.74, 6) is 0. The molecule has 0 amide bonds. The van der Waals surface area contributed by atoms with Gasteiger partial charge in [0, 0.05) is 32.2 Å². The average Bonchev–Trinajstić information content (AvgIpc) is 3.14. The molecule has 4 heteroatoms. The van der Waals surface area contributed by atoms with Gasteiger partial charge in [-0.2, -0.15) is 5.26 Å². The molecule has 1 heterocycles. The van der Waals surface area contributed by atoms with Crippen molar-refractivity contribution in [2.24, 2.45) is 5.73 Å². The Bertz CT molecular complexity index is 282. The van der Waals surface area contributed by atoms with E-state index in [1.165, 1.54) is 39.0 Å². The van der Waals surface area contributed by atoms with Crippen LogP contribution in [-0.2, 0) is 0 Å². The Morgan fingerprint density at radius 1 is 1.29 bits per heavy atom. The van der Waals surface area contributed by atoms with Crippen LogP contribution >= 0.6 is 0 Å². The van der Waals surface area contributed by atoms with Crippen molar-refractivity contribution in [3.63, 3.8) is 0 Å². The predicted molar refractivity (Wildman–Crippen MR) is 68.5 cm³/mol. The molecular weight excluding hydrogens is 212 g/mol. The second-order valence-electron chi connectivity index (χ2n) is 5.74. The van der Waals surface area contributed by atoms with Gasteiger partial charge in [0.2, 0.25) is 0 Å². The van der Waals surface area contributed by atoms with Gasteiger partial charge in [-0.15, -0.1) is 0 Å². The molecule has 1 aliphatic carbocycles. The van der Waals surface area contributed by atoms with Crippen molar-refractivity contribution < 1.29 is 0 Å². The van der Waals surface area contributed by atoms with Gasteiger partial charge in [0.05, 0.1) is 6.07 Å². The molecule has 1 atom stereocenters. The van der Waals surface area contributed by atoms with Crippen molar-refractivity contribution in [1.82, 2.24) is 9.80 Å². The third kappa shape index (κ3) is 3.95. The third-order valence-corrected chi connectivity index (χ3v) is 3.90. The molecule has 0 bridgehead atoms. The van der Waals surface area contributed by atoms with Crippen molar-refractivity contribution in [3.8, 4) is 6.07 Å². The summed E-state index contributed by atoms with van der Waals surface area (Å²) in [6, 6.07) is 3.07. The summed E-state index contributed by atoms with van der Waals surface area (Å²) in [5.41, 5.74) is 5.17. The number of piperazine rings is 1. The second kappa shape index (κ2) is 5.34. The standard InChI is InChI=1S/C13H24N4/c1-13(15,11-14)5-2-6-16-7-9-17(10-8-16)12-3-4-12/h12H,2-10,15H2,1H3. The molecule has 1 aliphatic heterocycles. The van der Waals surface area contributed by atoms with Crippen LogP contribution in [0.5, 0.6) is 0 Å². The van der Waals surface area contributed by atoms with Crippen molar-refractivity contribution in [2.75, 3.05) is 32.7 Å². The highest BCUT2D eigenvalue weighted by atomic mass is 15.3. The van der Waals surface area contributed by atoms with Crippen LogP contribution in [0, 0.1) is 11.3 Å². The number of nitriles is 1. The van der Waals surface area contributed by atoms with Crippen LogP contribution in [0.25, 0.3) is 0 Å². The SMILES string of the molecule is CC(N)(C#N)CCCN1CCN(C2CC2)CC1. The largest absolute Gasteiger partial charge is 0.314 e. The summed E-state index contributed by atoms with van der Waals surface area (Å²) in [7, 11) is 0. The monoisotopic (exact) mass is 236 g/mol. The normalized spacial score (nSPS) is 26.4. The molecule has 96 valence electrons. The number of hydrogen-bond donors (Lipinski definition) is 1. The van der Waals surface area contributed by atoms with E-state index in [1.807, 2.05) is 6.92 Å². The Balaban J connectivity index is 1.60. The van der Waals surface area contributed by atoms with Gasteiger partial charge >= 0.3 is 0 Å². The lowest BCUT2D eigenvalue weighted by atomic mass is 9.99. The van der Waals surface area contributed by atoms with E-state index < -0.39 is 5.54 Å². The lowest BCUT2D eigenvalue weighted by Crippen LogP contribution is -2.47. The highest BCUT2D eigenvalue weighted by Gasteiger charge is 2.31. The Morgan fingerprint density at radius 3 is 2.47 bits per heavy atom. The van der Waals surface area contributed by atoms with Crippen LogP contribution in [-0.4, -0.2) is 54.1 Å². The third-order valence-electron chi connectivity index (χ3n) is 3.90. The summed E-state index contributed by atoms with van der Waals surface area (Å²) >= 11 is 0. The van der Waals surface area contributed by atoms with Gasteiger partial charge in [-0.3, -0.25) is 4.90 Å². The molecule has 1 saturated carbocycles. The summed E-state index contributed by atoms with van der Waals surface area (Å²) in [4.78, 5) is 5.13. The minimum absolute atomic E-state index is 0.643. The number of rotatable bonds is 5. The number of hydrogen-bond acceptors (Lipinski definition) is 4. The highest BCUT2D eigenvalue weighted by molar-refractivity contribution is 5.00. The number of nitrogens with zero attached hydrogens (tertiary/aromatic N) is 3. The van der Waals surface area contributed by atoms with Crippen LogP contribution in [0.3, 0.4) is 0 Å². The molecule has 1 saturated heterocycles. The van der Waals surface area contributed by atoms with Crippen LogP contribution in [0.15, 0.2) is 0 Å². The van der Waals surface area contributed by atoms with Crippen molar-refractivity contribution in [1.29, 1.82) is 5.26 Å². The first-order valence-electron chi connectivity index (χ1n) is 6.77. The van der Waals surface area contributed by atoms with Crippen LogP contribution < -0.4 is 5.73 Å². The Hall–Kier alpha value is -0.630. The van der Waals surface area contributed by atoms with Gasteiger partial charge in [-0.05, 0) is 39.2 Å². The van der Waals surface area contributed by atoms with Gasteiger partial charge in [-0.1, -0.05) is 0 Å². The molecule has 17 heavy (non-hydrogen) atoms. The molecule has 2 fully saturated rings. The highest BCUT2D eigenvalue weighted by Crippen LogP contribution is 2.27. The topological polar surface area (TPSA) is 56.3 Å². The molecular formula is C13H24N4. The van der Waals surface area contributed by atoms with Gasteiger partial charge in [-0.25, -0.2) is 0 Å². The van der Waals surface area contributed by atoms with E-state index in [0.717, 1.165) is 25.4 Å². The Morgan fingerprint density at radius 2 is 1.94 bits per heavy atom. The smallest absolute Gasteiger partial charge is 0.101 e. The van der Waals surface area contributed by atoms with E-state index in [9.17, 15) is 0 Å². The predicted octanol–water partition coefficient (Wildman–Crippen LogP) is 0.788. The maximum Gasteiger partial charge on any atom is 0.101 e. The molecule has 1 unspecified atom stereocenters. The van der Waals surface area contributed by atoms with Gasteiger partial charge in [0.25, 0.3) is 0 Å². The maximum absolute atomic E-state index is 8.84. The van der Waals surface area contributed by atoms with Crippen LogP contribution in [0.2, 0.25) is 0 Å². The number of nitrogens with two attached hydrogens (primary N) is 1. The molecule has 2 rings (SSSR count). The summed E-state index contributed by atoms with van der Waals surface area (Å²) in [6.07, 6.45) is 4.65. The summed E-state index contributed by atoms with van der Waals surface area (Å²) in [5, 5.41) is 8.84.